The topological polar surface area (TPSA) is 66.0 Å². The van der Waals surface area contributed by atoms with Crippen molar-refractivity contribution in [2.45, 2.75) is 25.9 Å². The largest absolute Gasteiger partial charge is 0.378 e. The Balaban J connectivity index is 0.00000338. The van der Waals surface area contributed by atoms with E-state index >= 15 is 0 Å². The molecule has 6 nitrogen and oxygen atoms in total. The molecule has 1 aliphatic heterocycles. The van der Waals surface area contributed by atoms with E-state index < -0.39 is 0 Å². The van der Waals surface area contributed by atoms with Crippen LogP contribution in [0.4, 0.5) is 0 Å². The second-order valence-corrected chi connectivity index (χ2v) is 6.80. The van der Waals surface area contributed by atoms with Crippen LogP contribution in [0, 0.1) is 0 Å². The lowest BCUT2D eigenvalue weighted by molar-refractivity contribution is 0.0264. The molecule has 1 heterocycles. The number of guanidine groups is 1. The van der Waals surface area contributed by atoms with Crippen molar-refractivity contribution in [3.05, 3.63) is 34.3 Å². The minimum atomic E-state index is -0.0735. The summed E-state index contributed by atoms with van der Waals surface area (Å²) in [5.74, 6) is 0.808. The van der Waals surface area contributed by atoms with Crippen molar-refractivity contribution in [2.24, 2.45) is 4.99 Å². The monoisotopic (exact) mass is 538 g/mol. The summed E-state index contributed by atoms with van der Waals surface area (Å²) in [5.41, 5.74) is 0.650. The number of hydrogen-bond donors (Lipinski definition) is 2. The van der Waals surface area contributed by atoms with Gasteiger partial charge in [0.25, 0.3) is 5.91 Å². The SMILES string of the molecule is CCOC1CCN(C(=NC)NCCNC(=O)c2cccc(Br)c2)CC1.I. The molecule has 1 aliphatic rings. The average Bonchev–Trinajstić information content (AvgIpc) is 2.63. The molecule has 26 heavy (non-hydrogen) atoms. The molecule has 0 bridgehead atoms. The molecule has 0 spiro atoms. The van der Waals surface area contributed by atoms with Gasteiger partial charge in [-0.15, -0.1) is 24.0 Å². The number of benzene rings is 1. The van der Waals surface area contributed by atoms with E-state index in [1.807, 2.05) is 25.1 Å². The molecule has 2 N–H and O–H groups in total. The van der Waals surface area contributed by atoms with Crippen LogP contribution in [0.3, 0.4) is 0 Å². The van der Waals surface area contributed by atoms with Gasteiger partial charge >= 0.3 is 0 Å². The molecule has 8 heteroatoms. The van der Waals surface area contributed by atoms with Crippen molar-refractivity contribution < 1.29 is 9.53 Å². The Bertz CT molecular complexity index is 592. The molecule has 0 atom stereocenters. The smallest absolute Gasteiger partial charge is 0.251 e. The van der Waals surface area contributed by atoms with Gasteiger partial charge in [-0.25, -0.2) is 0 Å². The van der Waals surface area contributed by atoms with Gasteiger partial charge in [-0.3, -0.25) is 9.79 Å². The summed E-state index contributed by atoms with van der Waals surface area (Å²) in [6, 6.07) is 7.36. The van der Waals surface area contributed by atoms with Gasteiger partial charge in [0.15, 0.2) is 5.96 Å². The van der Waals surface area contributed by atoms with E-state index in [1.54, 1.807) is 13.1 Å². The summed E-state index contributed by atoms with van der Waals surface area (Å²) in [4.78, 5) is 18.7. The van der Waals surface area contributed by atoms with Crippen molar-refractivity contribution in [3.63, 3.8) is 0 Å². The van der Waals surface area contributed by atoms with Gasteiger partial charge in [-0.05, 0) is 38.0 Å². The fourth-order valence-electron chi connectivity index (χ4n) is 2.88. The van der Waals surface area contributed by atoms with Gasteiger partial charge in [-0.2, -0.15) is 0 Å². The molecule has 0 aromatic heterocycles. The molecule has 0 unspecified atom stereocenters. The third-order valence-corrected chi connectivity index (χ3v) is 4.63. The van der Waals surface area contributed by atoms with E-state index in [0.29, 0.717) is 24.8 Å². The number of hydrogen-bond acceptors (Lipinski definition) is 3. The number of halogens is 2. The van der Waals surface area contributed by atoms with E-state index in [2.05, 4.69) is 36.5 Å². The van der Waals surface area contributed by atoms with Gasteiger partial charge < -0.3 is 20.3 Å². The van der Waals surface area contributed by atoms with Crippen LogP contribution in [0.1, 0.15) is 30.1 Å². The molecule has 1 saturated heterocycles. The maximum absolute atomic E-state index is 12.1. The number of carbonyl (C=O) groups is 1. The van der Waals surface area contributed by atoms with Crippen LogP contribution in [0.25, 0.3) is 0 Å². The highest BCUT2D eigenvalue weighted by Gasteiger charge is 2.21. The summed E-state index contributed by atoms with van der Waals surface area (Å²) in [5, 5.41) is 6.23. The molecule has 1 aromatic carbocycles. The molecular formula is C18H28BrIN4O2. The van der Waals surface area contributed by atoms with E-state index in [9.17, 15) is 4.79 Å². The fourth-order valence-corrected chi connectivity index (χ4v) is 3.28. The van der Waals surface area contributed by atoms with Crippen LogP contribution in [0.15, 0.2) is 33.7 Å². The first-order valence-electron chi connectivity index (χ1n) is 8.75. The average molecular weight is 539 g/mol. The Morgan fingerprint density at radius 2 is 2.00 bits per heavy atom. The quantitative estimate of drug-likeness (QED) is 0.253. The molecule has 0 radical (unpaired) electrons. The lowest BCUT2D eigenvalue weighted by Gasteiger charge is -2.34. The molecule has 0 saturated carbocycles. The van der Waals surface area contributed by atoms with Crippen LogP contribution in [-0.2, 0) is 4.74 Å². The summed E-state index contributed by atoms with van der Waals surface area (Å²) < 4.78 is 6.58. The predicted molar refractivity (Wildman–Crippen MR) is 119 cm³/mol. The minimum Gasteiger partial charge on any atom is -0.378 e. The first kappa shape index (κ1) is 23.2. The highest BCUT2D eigenvalue weighted by Crippen LogP contribution is 2.13. The molecule has 1 amide bonds. The number of aliphatic imine (C=N–C) groups is 1. The second-order valence-electron chi connectivity index (χ2n) is 5.88. The zero-order chi connectivity index (χ0) is 18.1. The first-order valence-corrected chi connectivity index (χ1v) is 9.54. The van der Waals surface area contributed by atoms with Crippen LogP contribution in [0.5, 0.6) is 0 Å². The van der Waals surface area contributed by atoms with Crippen molar-refractivity contribution in [1.29, 1.82) is 0 Å². The number of piperidine rings is 1. The number of ether oxygens (including phenoxy) is 1. The Morgan fingerprint density at radius 3 is 2.62 bits per heavy atom. The summed E-state index contributed by atoms with van der Waals surface area (Å²) in [6.45, 7) is 5.87. The second kappa shape index (κ2) is 12.5. The Kier molecular flexibility index (Phi) is 11.1. The third kappa shape index (κ3) is 7.40. The van der Waals surface area contributed by atoms with Gasteiger partial charge in [0.2, 0.25) is 0 Å². The summed E-state index contributed by atoms with van der Waals surface area (Å²) >= 11 is 3.38. The number of nitrogens with one attached hydrogen (secondary N) is 2. The third-order valence-electron chi connectivity index (χ3n) is 4.14. The lowest BCUT2D eigenvalue weighted by Crippen LogP contribution is -2.48. The Hall–Kier alpha value is -0.870. The maximum atomic E-state index is 12.1. The number of rotatable bonds is 6. The predicted octanol–water partition coefficient (Wildman–Crippen LogP) is 2.87. The van der Waals surface area contributed by atoms with E-state index in [4.69, 9.17) is 4.74 Å². The first-order chi connectivity index (χ1) is 12.1. The van der Waals surface area contributed by atoms with Crippen molar-refractivity contribution in [1.82, 2.24) is 15.5 Å². The molecular weight excluding hydrogens is 511 g/mol. The number of likely N-dealkylation sites (tertiary alicyclic amines) is 1. The van der Waals surface area contributed by atoms with Crippen LogP contribution in [0.2, 0.25) is 0 Å². The Labute approximate surface area is 181 Å². The minimum absolute atomic E-state index is 0. The van der Waals surface area contributed by atoms with Gasteiger partial charge in [-0.1, -0.05) is 22.0 Å². The van der Waals surface area contributed by atoms with Crippen molar-refractivity contribution in [2.75, 3.05) is 39.8 Å². The molecule has 2 rings (SSSR count). The van der Waals surface area contributed by atoms with E-state index in [1.165, 1.54) is 0 Å². The molecule has 0 aliphatic carbocycles. The van der Waals surface area contributed by atoms with Gasteiger partial charge in [0.1, 0.15) is 0 Å². The number of carbonyl (C=O) groups excluding carboxylic acids is 1. The van der Waals surface area contributed by atoms with Gasteiger partial charge in [0, 0.05) is 49.9 Å². The van der Waals surface area contributed by atoms with Gasteiger partial charge in [0.05, 0.1) is 6.10 Å². The molecule has 146 valence electrons. The van der Waals surface area contributed by atoms with Crippen molar-refractivity contribution >= 4 is 51.8 Å². The fraction of sp³-hybridized carbons (Fsp3) is 0.556. The zero-order valence-corrected chi connectivity index (χ0v) is 19.2. The Morgan fingerprint density at radius 1 is 1.31 bits per heavy atom. The summed E-state index contributed by atoms with van der Waals surface area (Å²) in [7, 11) is 1.79. The van der Waals surface area contributed by atoms with Crippen LogP contribution < -0.4 is 10.6 Å². The van der Waals surface area contributed by atoms with E-state index in [-0.39, 0.29) is 29.9 Å². The highest BCUT2D eigenvalue weighted by atomic mass is 127. The standard InChI is InChI=1S/C18H27BrN4O2.HI/c1-3-25-16-7-11-23(12-8-16)18(20-2)22-10-9-21-17(24)14-5-4-6-15(19)13-14;/h4-6,13,16H,3,7-12H2,1-2H3,(H,20,22)(H,21,24);1H. The number of nitrogens with zero attached hydrogens (tertiary/aromatic N) is 2. The van der Waals surface area contributed by atoms with Crippen LogP contribution >= 0.6 is 39.9 Å². The van der Waals surface area contributed by atoms with Crippen LogP contribution in [-0.4, -0.2) is 62.7 Å². The highest BCUT2D eigenvalue weighted by molar-refractivity contribution is 14.0. The maximum Gasteiger partial charge on any atom is 0.251 e. The van der Waals surface area contributed by atoms with Crippen molar-refractivity contribution in [3.8, 4) is 0 Å². The molecule has 1 fully saturated rings. The summed E-state index contributed by atoms with van der Waals surface area (Å²) in [6.07, 6.45) is 2.41. The normalized spacial score (nSPS) is 15.3. The zero-order valence-electron chi connectivity index (χ0n) is 15.3. The van der Waals surface area contributed by atoms with E-state index in [0.717, 1.165) is 43.0 Å². The molecule has 1 aromatic rings. The number of amides is 1. The lowest BCUT2D eigenvalue weighted by atomic mass is 10.1.